The van der Waals surface area contributed by atoms with E-state index < -0.39 is 0 Å². The van der Waals surface area contributed by atoms with E-state index in [0.29, 0.717) is 6.04 Å². The Labute approximate surface area is 105 Å². The van der Waals surface area contributed by atoms with E-state index in [0.717, 1.165) is 19.0 Å². The largest absolute Gasteiger partial charge is 0.294 e. The minimum atomic E-state index is 0.163. The van der Waals surface area contributed by atoms with Gasteiger partial charge in [0.25, 0.3) is 0 Å². The smallest absolute Gasteiger partial charge is 0.0697 e. The Morgan fingerprint density at radius 1 is 1.12 bits per heavy atom. The lowest BCUT2D eigenvalue weighted by Crippen LogP contribution is -2.44. The first kappa shape index (κ1) is 12.6. The lowest BCUT2D eigenvalue weighted by atomic mass is 9.89. The number of likely N-dealkylation sites (N-methyl/N-ethyl adjacent to an activating group) is 1. The first-order valence-corrected chi connectivity index (χ1v) is 7.19. The molecule has 2 rings (SSSR count). The van der Waals surface area contributed by atoms with Crippen LogP contribution in [0.4, 0.5) is 0 Å². The highest BCUT2D eigenvalue weighted by Gasteiger charge is 2.27. The monoisotopic (exact) mass is 232 g/mol. The highest BCUT2D eigenvalue weighted by atomic mass is 15.2. The summed E-state index contributed by atoms with van der Waals surface area (Å²) < 4.78 is 0. The Balaban J connectivity index is 1.96. The summed E-state index contributed by atoms with van der Waals surface area (Å²) in [7, 11) is 0. The fourth-order valence-corrected chi connectivity index (χ4v) is 3.37. The zero-order valence-corrected chi connectivity index (χ0v) is 10.9. The number of nitriles is 1. The quantitative estimate of drug-likeness (QED) is 0.696. The van der Waals surface area contributed by atoms with E-state index in [4.69, 9.17) is 5.26 Å². The van der Waals surface area contributed by atoms with E-state index in [-0.39, 0.29) is 5.92 Å². The van der Waals surface area contributed by atoms with Crippen LogP contribution in [0.2, 0.25) is 0 Å². The third-order valence-electron chi connectivity index (χ3n) is 4.34. The third kappa shape index (κ3) is 3.10. The van der Waals surface area contributed by atoms with E-state index >= 15 is 0 Å². The summed E-state index contributed by atoms with van der Waals surface area (Å²) in [6.07, 6.45) is 13.6. The summed E-state index contributed by atoms with van der Waals surface area (Å²) in [5.74, 6) is 0.163. The van der Waals surface area contributed by atoms with E-state index in [1.807, 2.05) is 0 Å². The maximum absolute atomic E-state index is 8.91. The number of nitrogens with zero attached hydrogens (tertiary/aromatic N) is 2. The topological polar surface area (TPSA) is 27.0 Å². The minimum absolute atomic E-state index is 0.163. The van der Waals surface area contributed by atoms with Crippen LogP contribution in [0.1, 0.15) is 51.9 Å². The van der Waals surface area contributed by atoms with Gasteiger partial charge in [-0.3, -0.25) is 4.90 Å². The van der Waals surface area contributed by atoms with Gasteiger partial charge in [-0.25, -0.2) is 0 Å². The number of hydrogen-bond acceptors (Lipinski definition) is 2. The first-order chi connectivity index (χ1) is 8.35. The summed E-state index contributed by atoms with van der Waals surface area (Å²) in [4.78, 5) is 2.67. The molecule has 0 amide bonds. The summed E-state index contributed by atoms with van der Waals surface area (Å²) in [5.41, 5.74) is 0. The highest BCUT2D eigenvalue weighted by Crippen LogP contribution is 2.28. The molecule has 1 fully saturated rings. The average Bonchev–Trinajstić information content (AvgIpc) is 2.42. The van der Waals surface area contributed by atoms with Crippen LogP contribution in [0.3, 0.4) is 0 Å². The fourth-order valence-electron chi connectivity index (χ4n) is 3.37. The van der Waals surface area contributed by atoms with Gasteiger partial charge in [0.05, 0.1) is 12.0 Å². The predicted octanol–water partition coefficient (Wildman–Crippen LogP) is 3.50. The lowest BCUT2D eigenvalue weighted by molar-refractivity contribution is 0.123. The molecule has 2 aliphatic carbocycles. The zero-order valence-electron chi connectivity index (χ0n) is 10.9. The molecule has 0 bridgehead atoms. The molecule has 0 radical (unpaired) electrons. The van der Waals surface area contributed by atoms with Crippen LogP contribution in [-0.2, 0) is 0 Å². The van der Waals surface area contributed by atoms with Gasteiger partial charge in [-0.2, -0.15) is 5.26 Å². The molecular formula is C15H24N2. The molecule has 0 saturated heterocycles. The average molecular weight is 232 g/mol. The summed E-state index contributed by atoms with van der Waals surface area (Å²) in [5, 5.41) is 8.91. The van der Waals surface area contributed by atoms with Crippen LogP contribution < -0.4 is 0 Å². The Bertz CT molecular complexity index is 297. The van der Waals surface area contributed by atoms with Gasteiger partial charge < -0.3 is 0 Å². The lowest BCUT2D eigenvalue weighted by Gasteiger charge is -2.39. The minimum Gasteiger partial charge on any atom is -0.294 e. The molecule has 0 aromatic rings. The van der Waals surface area contributed by atoms with Crippen molar-refractivity contribution < 1.29 is 0 Å². The van der Waals surface area contributed by atoms with Crippen molar-refractivity contribution in [1.29, 1.82) is 5.26 Å². The van der Waals surface area contributed by atoms with E-state index in [9.17, 15) is 0 Å². The summed E-state index contributed by atoms with van der Waals surface area (Å²) >= 11 is 0. The van der Waals surface area contributed by atoms with Crippen LogP contribution in [0.15, 0.2) is 12.2 Å². The Morgan fingerprint density at radius 2 is 1.88 bits per heavy atom. The molecule has 0 aromatic carbocycles. The molecular weight excluding hydrogens is 208 g/mol. The Hall–Kier alpha value is -0.810. The molecule has 94 valence electrons. The van der Waals surface area contributed by atoms with Crippen LogP contribution >= 0.6 is 0 Å². The van der Waals surface area contributed by atoms with Crippen LogP contribution in [0.5, 0.6) is 0 Å². The second-order valence-corrected chi connectivity index (χ2v) is 5.39. The SMILES string of the molecule is CCN(C1C=CC(C#N)CC1)C1CCCCC1. The molecule has 2 heteroatoms. The molecule has 0 N–H and O–H groups in total. The Morgan fingerprint density at radius 3 is 2.41 bits per heavy atom. The van der Waals surface area contributed by atoms with Crippen molar-refractivity contribution in [3.63, 3.8) is 0 Å². The van der Waals surface area contributed by atoms with Gasteiger partial charge in [-0.15, -0.1) is 0 Å². The maximum Gasteiger partial charge on any atom is 0.0697 e. The zero-order chi connectivity index (χ0) is 12.1. The summed E-state index contributed by atoms with van der Waals surface area (Å²) in [6.45, 7) is 3.43. The van der Waals surface area contributed by atoms with E-state index in [1.54, 1.807) is 0 Å². The van der Waals surface area contributed by atoms with E-state index in [2.05, 4.69) is 30.0 Å². The molecule has 2 aliphatic rings. The van der Waals surface area contributed by atoms with Gasteiger partial charge in [0.15, 0.2) is 0 Å². The molecule has 1 saturated carbocycles. The van der Waals surface area contributed by atoms with Crippen molar-refractivity contribution in [3.05, 3.63) is 12.2 Å². The highest BCUT2D eigenvalue weighted by molar-refractivity contribution is 5.09. The van der Waals surface area contributed by atoms with Crippen LogP contribution in [0, 0.1) is 17.2 Å². The first-order valence-electron chi connectivity index (χ1n) is 7.19. The summed E-state index contributed by atoms with van der Waals surface area (Å²) in [6, 6.07) is 3.74. The Kier molecular flexibility index (Phi) is 4.62. The van der Waals surface area contributed by atoms with E-state index in [1.165, 1.54) is 38.5 Å². The molecule has 2 unspecified atom stereocenters. The predicted molar refractivity (Wildman–Crippen MR) is 70.5 cm³/mol. The second-order valence-electron chi connectivity index (χ2n) is 5.39. The van der Waals surface area contributed by atoms with Crippen molar-refractivity contribution in [2.75, 3.05) is 6.54 Å². The number of allylic oxidation sites excluding steroid dienone is 1. The van der Waals surface area contributed by atoms with Gasteiger partial charge in [0, 0.05) is 12.1 Å². The van der Waals surface area contributed by atoms with Crippen LogP contribution in [0.25, 0.3) is 0 Å². The molecule has 0 aromatic heterocycles. The molecule has 2 nitrogen and oxygen atoms in total. The molecule has 0 heterocycles. The number of hydrogen-bond donors (Lipinski definition) is 0. The van der Waals surface area contributed by atoms with Gasteiger partial charge in [0.2, 0.25) is 0 Å². The normalized spacial score (nSPS) is 30.4. The van der Waals surface area contributed by atoms with Gasteiger partial charge in [-0.05, 0) is 32.2 Å². The van der Waals surface area contributed by atoms with Gasteiger partial charge in [-0.1, -0.05) is 38.3 Å². The molecule has 2 atom stereocenters. The molecule has 0 aliphatic heterocycles. The molecule has 0 spiro atoms. The van der Waals surface area contributed by atoms with Crippen molar-refractivity contribution in [3.8, 4) is 6.07 Å². The van der Waals surface area contributed by atoms with Crippen molar-refractivity contribution in [2.24, 2.45) is 5.92 Å². The fraction of sp³-hybridized carbons (Fsp3) is 0.800. The number of rotatable bonds is 3. The van der Waals surface area contributed by atoms with Crippen LogP contribution in [-0.4, -0.2) is 23.5 Å². The van der Waals surface area contributed by atoms with Gasteiger partial charge >= 0.3 is 0 Å². The standard InChI is InChI=1S/C15H24N2/c1-2-17(14-6-4-3-5-7-14)15-10-8-13(12-16)9-11-15/h8,10,13-15H,2-7,9,11H2,1H3. The van der Waals surface area contributed by atoms with Crippen molar-refractivity contribution in [2.45, 2.75) is 64.0 Å². The van der Waals surface area contributed by atoms with Crippen molar-refractivity contribution >= 4 is 0 Å². The maximum atomic E-state index is 8.91. The van der Waals surface area contributed by atoms with Gasteiger partial charge in [0.1, 0.15) is 0 Å². The second kappa shape index (κ2) is 6.21. The van der Waals surface area contributed by atoms with Crippen molar-refractivity contribution in [1.82, 2.24) is 4.90 Å². The molecule has 17 heavy (non-hydrogen) atoms. The third-order valence-corrected chi connectivity index (χ3v) is 4.34.